The van der Waals surface area contributed by atoms with E-state index in [4.69, 9.17) is 9.73 Å². The van der Waals surface area contributed by atoms with Crippen molar-refractivity contribution in [3.63, 3.8) is 0 Å². The number of ether oxygens (including phenoxy) is 1. The zero-order valence-corrected chi connectivity index (χ0v) is 18.5. The molecule has 5 nitrogen and oxygen atoms in total. The third kappa shape index (κ3) is 7.92. The van der Waals surface area contributed by atoms with Gasteiger partial charge in [0.05, 0.1) is 6.10 Å². The lowest BCUT2D eigenvalue weighted by Crippen LogP contribution is -2.46. The van der Waals surface area contributed by atoms with Crippen LogP contribution in [0, 0.1) is 0 Å². The van der Waals surface area contributed by atoms with Crippen molar-refractivity contribution in [2.45, 2.75) is 70.3 Å². The van der Waals surface area contributed by atoms with E-state index in [1.54, 1.807) is 0 Å². The molecule has 6 heteroatoms. The molecule has 0 bridgehead atoms. The summed E-state index contributed by atoms with van der Waals surface area (Å²) in [5, 5.41) is 7.22. The van der Waals surface area contributed by atoms with Crippen molar-refractivity contribution in [2.75, 3.05) is 25.4 Å². The van der Waals surface area contributed by atoms with Crippen molar-refractivity contribution in [2.24, 2.45) is 4.99 Å². The molecule has 0 saturated heterocycles. The number of aliphatic imine (C=N–C) groups is 1. The number of hydrogen-bond acceptors (Lipinski definition) is 3. The molecular weight excluding hydrogens is 370 g/mol. The summed E-state index contributed by atoms with van der Waals surface area (Å²) in [6, 6.07) is 10.7. The van der Waals surface area contributed by atoms with Crippen molar-refractivity contribution in [3.8, 4) is 0 Å². The Balaban J connectivity index is 1.74. The second kappa shape index (κ2) is 12.9. The van der Waals surface area contributed by atoms with Crippen molar-refractivity contribution in [1.82, 2.24) is 10.6 Å². The number of nitrogens with zero attached hydrogens (tertiary/aromatic N) is 1. The van der Waals surface area contributed by atoms with Crippen LogP contribution in [0.25, 0.3) is 0 Å². The Labute approximate surface area is 173 Å². The van der Waals surface area contributed by atoms with Crippen LogP contribution in [0.2, 0.25) is 0 Å². The fraction of sp³-hybridized carbons (Fsp3) is 0.682. The Morgan fingerprint density at radius 2 is 2.07 bits per heavy atom. The first kappa shape index (κ1) is 22.9. The molecule has 1 saturated carbocycles. The SMILES string of the molecule is CCNC(=NCCCOC(C)c1ccccc1)NC1CCCC(S(=O)CC)C1. The average Bonchev–Trinajstić information content (AvgIpc) is 2.73. The Kier molecular flexibility index (Phi) is 10.6. The van der Waals surface area contributed by atoms with Gasteiger partial charge in [-0.3, -0.25) is 9.20 Å². The topological polar surface area (TPSA) is 62.7 Å². The van der Waals surface area contributed by atoms with Gasteiger partial charge in [-0.05, 0) is 45.1 Å². The monoisotopic (exact) mass is 407 g/mol. The standard InChI is InChI=1S/C22H37N3O2S/c1-4-23-22(25-20-13-9-14-21(17-20)28(26)5-2)24-15-10-16-27-18(3)19-11-7-6-8-12-19/h6-8,11-12,18,20-21H,4-5,9-10,13-17H2,1-3H3,(H2,23,24,25). The van der Waals surface area contributed by atoms with Crippen LogP contribution in [0.3, 0.4) is 0 Å². The Hall–Kier alpha value is -1.40. The minimum Gasteiger partial charge on any atom is -0.374 e. The van der Waals surface area contributed by atoms with Crippen LogP contribution < -0.4 is 10.6 Å². The summed E-state index contributed by atoms with van der Waals surface area (Å²) in [6.45, 7) is 8.44. The second-order valence-electron chi connectivity index (χ2n) is 7.34. The Bertz CT molecular complexity index is 609. The first-order chi connectivity index (χ1) is 13.6. The van der Waals surface area contributed by atoms with E-state index < -0.39 is 10.8 Å². The van der Waals surface area contributed by atoms with Crippen molar-refractivity contribution < 1.29 is 8.95 Å². The van der Waals surface area contributed by atoms with E-state index in [2.05, 4.69) is 36.6 Å². The van der Waals surface area contributed by atoms with Gasteiger partial charge < -0.3 is 15.4 Å². The molecule has 0 aliphatic heterocycles. The normalized spacial score (nSPS) is 22.5. The molecule has 0 amide bonds. The summed E-state index contributed by atoms with van der Waals surface area (Å²) in [6.07, 6.45) is 5.32. The summed E-state index contributed by atoms with van der Waals surface area (Å²) in [4.78, 5) is 4.71. The van der Waals surface area contributed by atoms with Crippen LogP contribution in [0.4, 0.5) is 0 Å². The summed E-state index contributed by atoms with van der Waals surface area (Å²) in [7, 11) is -0.698. The van der Waals surface area contributed by atoms with Gasteiger partial charge in [-0.15, -0.1) is 0 Å². The third-order valence-electron chi connectivity index (χ3n) is 5.18. The highest BCUT2D eigenvalue weighted by molar-refractivity contribution is 7.85. The van der Waals surface area contributed by atoms with Gasteiger partial charge in [0.1, 0.15) is 0 Å². The van der Waals surface area contributed by atoms with Crippen LogP contribution in [0.15, 0.2) is 35.3 Å². The maximum Gasteiger partial charge on any atom is 0.191 e. The fourth-order valence-electron chi connectivity index (χ4n) is 3.60. The zero-order chi connectivity index (χ0) is 20.2. The van der Waals surface area contributed by atoms with Gasteiger partial charge in [-0.1, -0.05) is 43.7 Å². The molecule has 0 radical (unpaired) electrons. The number of guanidine groups is 1. The first-order valence-corrected chi connectivity index (χ1v) is 12.1. The predicted octanol–water partition coefficient (Wildman–Crippen LogP) is 3.79. The number of nitrogens with one attached hydrogen (secondary N) is 2. The molecule has 2 N–H and O–H groups in total. The van der Waals surface area contributed by atoms with Crippen LogP contribution in [-0.2, 0) is 15.5 Å². The molecule has 28 heavy (non-hydrogen) atoms. The summed E-state index contributed by atoms with van der Waals surface area (Å²) in [5.74, 6) is 1.62. The lowest BCUT2D eigenvalue weighted by Gasteiger charge is -2.30. The lowest BCUT2D eigenvalue weighted by molar-refractivity contribution is 0.0652. The van der Waals surface area contributed by atoms with E-state index in [-0.39, 0.29) is 6.10 Å². The first-order valence-electron chi connectivity index (χ1n) is 10.7. The fourth-order valence-corrected chi connectivity index (χ4v) is 4.95. The largest absolute Gasteiger partial charge is 0.374 e. The molecule has 0 spiro atoms. The summed E-state index contributed by atoms with van der Waals surface area (Å²) < 4.78 is 18.1. The molecule has 1 aromatic carbocycles. The predicted molar refractivity (Wildman–Crippen MR) is 119 cm³/mol. The quantitative estimate of drug-likeness (QED) is 0.352. The summed E-state index contributed by atoms with van der Waals surface area (Å²) >= 11 is 0. The van der Waals surface area contributed by atoms with Gasteiger partial charge in [0, 0.05) is 47.5 Å². The van der Waals surface area contributed by atoms with Crippen LogP contribution >= 0.6 is 0 Å². The van der Waals surface area contributed by atoms with E-state index in [1.165, 1.54) is 5.56 Å². The second-order valence-corrected chi connectivity index (χ2v) is 9.34. The maximum absolute atomic E-state index is 12.1. The molecule has 1 aliphatic carbocycles. The van der Waals surface area contributed by atoms with E-state index in [0.717, 1.165) is 56.9 Å². The Morgan fingerprint density at radius 1 is 1.29 bits per heavy atom. The third-order valence-corrected chi connectivity index (χ3v) is 6.92. The zero-order valence-electron chi connectivity index (χ0n) is 17.7. The highest BCUT2D eigenvalue weighted by atomic mass is 32.2. The molecule has 4 atom stereocenters. The van der Waals surface area contributed by atoms with Gasteiger partial charge in [-0.25, -0.2) is 0 Å². The minimum absolute atomic E-state index is 0.107. The van der Waals surface area contributed by atoms with Gasteiger partial charge in [0.25, 0.3) is 0 Å². The highest BCUT2D eigenvalue weighted by Crippen LogP contribution is 2.23. The van der Waals surface area contributed by atoms with E-state index in [9.17, 15) is 4.21 Å². The van der Waals surface area contributed by atoms with Gasteiger partial charge in [0.2, 0.25) is 0 Å². The molecule has 1 aliphatic rings. The maximum atomic E-state index is 12.1. The minimum atomic E-state index is -0.698. The molecule has 0 aromatic heterocycles. The van der Waals surface area contributed by atoms with E-state index >= 15 is 0 Å². The smallest absolute Gasteiger partial charge is 0.191 e. The molecule has 1 fully saturated rings. The van der Waals surface area contributed by atoms with Gasteiger partial charge in [-0.2, -0.15) is 0 Å². The molecule has 1 aromatic rings. The van der Waals surface area contributed by atoms with Gasteiger partial charge in [0.15, 0.2) is 5.96 Å². The molecule has 0 heterocycles. The Morgan fingerprint density at radius 3 is 2.79 bits per heavy atom. The molecule has 2 rings (SSSR count). The van der Waals surface area contributed by atoms with Crippen LogP contribution in [0.1, 0.15) is 64.5 Å². The van der Waals surface area contributed by atoms with E-state index in [1.807, 2.05) is 25.1 Å². The van der Waals surface area contributed by atoms with Crippen molar-refractivity contribution in [1.29, 1.82) is 0 Å². The highest BCUT2D eigenvalue weighted by Gasteiger charge is 2.25. The van der Waals surface area contributed by atoms with Gasteiger partial charge >= 0.3 is 0 Å². The number of rotatable bonds is 10. The lowest BCUT2D eigenvalue weighted by atomic mass is 9.95. The average molecular weight is 408 g/mol. The molecular formula is C22H37N3O2S. The van der Waals surface area contributed by atoms with Crippen LogP contribution in [-0.4, -0.2) is 46.9 Å². The summed E-state index contributed by atoms with van der Waals surface area (Å²) in [5.41, 5.74) is 1.21. The van der Waals surface area contributed by atoms with E-state index in [0.29, 0.717) is 17.9 Å². The molecule has 158 valence electrons. The van der Waals surface area contributed by atoms with Crippen molar-refractivity contribution in [3.05, 3.63) is 35.9 Å². The number of benzene rings is 1. The number of hydrogen-bond donors (Lipinski definition) is 2. The van der Waals surface area contributed by atoms with Crippen LogP contribution in [0.5, 0.6) is 0 Å². The van der Waals surface area contributed by atoms with Crippen molar-refractivity contribution >= 4 is 16.8 Å². The molecule has 4 unspecified atom stereocenters.